The van der Waals surface area contributed by atoms with Gasteiger partial charge in [-0.2, -0.15) is 0 Å². The zero-order valence-electron chi connectivity index (χ0n) is 10.4. The van der Waals surface area contributed by atoms with Gasteiger partial charge in [0, 0.05) is 18.8 Å². The summed E-state index contributed by atoms with van der Waals surface area (Å²) >= 11 is 0. The summed E-state index contributed by atoms with van der Waals surface area (Å²) < 4.78 is 1.90. The monoisotopic (exact) mass is 242 g/mol. The predicted molar refractivity (Wildman–Crippen MR) is 70.0 cm³/mol. The highest BCUT2D eigenvalue weighted by Crippen LogP contribution is 2.31. The Morgan fingerprint density at radius 2 is 2.06 bits per heavy atom. The highest BCUT2D eigenvalue weighted by molar-refractivity contribution is 5.19. The van der Waals surface area contributed by atoms with Crippen molar-refractivity contribution in [2.24, 2.45) is 0 Å². The van der Waals surface area contributed by atoms with E-state index in [1.807, 2.05) is 10.9 Å². The predicted octanol–water partition coefficient (Wildman–Crippen LogP) is 2.12. The number of aromatic nitrogens is 3. The van der Waals surface area contributed by atoms with Gasteiger partial charge in [0.15, 0.2) is 0 Å². The van der Waals surface area contributed by atoms with Crippen LogP contribution in [0.25, 0.3) is 0 Å². The van der Waals surface area contributed by atoms with Gasteiger partial charge in [-0.1, -0.05) is 35.5 Å². The molecule has 1 atom stereocenters. The van der Waals surface area contributed by atoms with Gasteiger partial charge < -0.3 is 0 Å². The smallest absolute Gasteiger partial charge is 0.0692 e. The van der Waals surface area contributed by atoms with Gasteiger partial charge in [-0.25, -0.2) is 0 Å². The molecule has 0 radical (unpaired) electrons. The lowest BCUT2D eigenvalue weighted by Gasteiger charge is -2.24. The molecule has 0 bridgehead atoms. The van der Waals surface area contributed by atoms with E-state index in [1.165, 1.54) is 24.9 Å². The van der Waals surface area contributed by atoms with Gasteiger partial charge in [0.25, 0.3) is 0 Å². The minimum absolute atomic E-state index is 0.578. The Bertz CT molecular complexity index is 466. The van der Waals surface area contributed by atoms with Crippen LogP contribution in [0.3, 0.4) is 0 Å². The topological polar surface area (TPSA) is 34.0 Å². The van der Waals surface area contributed by atoms with E-state index >= 15 is 0 Å². The summed E-state index contributed by atoms with van der Waals surface area (Å²) in [6.45, 7) is 3.15. The van der Waals surface area contributed by atoms with Crippen molar-refractivity contribution in [3.05, 3.63) is 48.3 Å². The molecule has 0 aliphatic carbocycles. The molecule has 1 aromatic carbocycles. The normalized spacial score (nSPS) is 20.3. The molecule has 0 N–H and O–H groups in total. The third kappa shape index (κ3) is 2.43. The quantitative estimate of drug-likeness (QED) is 0.823. The van der Waals surface area contributed by atoms with E-state index in [0.29, 0.717) is 6.04 Å². The zero-order chi connectivity index (χ0) is 12.2. The summed E-state index contributed by atoms with van der Waals surface area (Å²) in [6.07, 6.45) is 6.21. The Morgan fingerprint density at radius 3 is 2.83 bits per heavy atom. The average Bonchev–Trinajstić information content (AvgIpc) is 3.09. The first-order chi connectivity index (χ1) is 8.93. The standard InChI is InChI=1S/C14H18N4/c1-2-5-13(6-3-1)14-7-4-9-17(14)11-12-18-10-8-15-16-18/h1-3,5-6,8,10,14H,4,7,9,11-12H2. The van der Waals surface area contributed by atoms with Crippen LogP contribution in [-0.4, -0.2) is 33.0 Å². The molecule has 94 valence electrons. The fraction of sp³-hybridized carbons (Fsp3) is 0.429. The van der Waals surface area contributed by atoms with Crippen LogP contribution in [0.1, 0.15) is 24.4 Å². The Kier molecular flexibility index (Phi) is 3.37. The molecule has 0 saturated carbocycles. The largest absolute Gasteiger partial charge is 0.294 e. The zero-order valence-corrected chi connectivity index (χ0v) is 10.4. The highest BCUT2D eigenvalue weighted by atomic mass is 15.4. The minimum atomic E-state index is 0.578. The maximum absolute atomic E-state index is 4.01. The summed E-state index contributed by atoms with van der Waals surface area (Å²) in [5.74, 6) is 0. The second kappa shape index (κ2) is 5.31. The van der Waals surface area contributed by atoms with Gasteiger partial charge in [-0.15, -0.1) is 5.10 Å². The van der Waals surface area contributed by atoms with E-state index in [4.69, 9.17) is 0 Å². The fourth-order valence-electron chi connectivity index (χ4n) is 2.73. The fourth-order valence-corrected chi connectivity index (χ4v) is 2.73. The van der Waals surface area contributed by atoms with Crippen molar-refractivity contribution < 1.29 is 0 Å². The van der Waals surface area contributed by atoms with Crippen LogP contribution in [0, 0.1) is 0 Å². The third-order valence-electron chi connectivity index (χ3n) is 3.64. The molecule has 1 aliphatic heterocycles. The molecule has 1 unspecified atom stereocenters. The van der Waals surface area contributed by atoms with Crippen molar-refractivity contribution in [1.29, 1.82) is 0 Å². The molecular weight excluding hydrogens is 224 g/mol. The van der Waals surface area contributed by atoms with Gasteiger partial charge in [0.05, 0.1) is 12.7 Å². The van der Waals surface area contributed by atoms with Crippen LogP contribution in [0.2, 0.25) is 0 Å². The molecular formula is C14H18N4. The molecule has 3 rings (SSSR count). The lowest BCUT2D eigenvalue weighted by atomic mass is 10.0. The van der Waals surface area contributed by atoms with E-state index in [-0.39, 0.29) is 0 Å². The molecule has 1 aromatic heterocycles. The maximum atomic E-state index is 4.01. The molecule has 0 amide bonds. The van der Waals surface area contributed by atoms with Crippen molar-refractivity contribution in [1.82, 2.24) is 19.9 Å². The molecule has 4 nitrogen and oxygen atoms in total. The summed E-state index contributed by atoms with van der Waals surface area (Å²) in [7, 11) is 0. The van der Waals surface area contributed by atoms with Crippen LogP contribution < -0.4 is 0 Å². The van der Waals surface area contributed by atoms with E-state index in [1.54, 1.807) is 6.20 Å². The highest BCUT2D eigenvalue weighted by Gasteiger charge is 2.25. The van der Waals surface area contributed by atoms with Crippen molar-refractivity contribution in [2.75, 3.05) is 13.1 Å². The number of likely N-dealkylation sites (tertiary alicyclic amines) is 1. The SMILES string of the molecule is c1ccc(C2CCCN2CCn2ccnn2)cc1. The van der Waals surface area contributed by atoms with Crippen molar-refractivity contribution in [2.45, 2.75) is 25.4 Å². The lowest BCUT2D eigenvalue weighted by molar-refractivity contribution is 0.242. The molecule has 2 aromatic rings. The van der Waals surface area contributed by atoms with Gasteiger partial charge in [0.2, 0.25) is 0 Å². The molecule has 4 heteroatoms. The van der Waals surface area contributed by atoms with E-state index in [0.717, 1.165) is 13.1 Å². The number of rotatable bonds is 4. The van der Waals surface area contributed by atoms with Crippen LogP contribution in [-0.2, 0) is 6.54 Å². The average molecular weight is 242 g/mol. The van der Waals surface area contributed by atoms with Crippen molar-refractivity contribution in [3.63, 3.8) is 0 Å². The summed E-state index contributed by atoms with van der Waals surface area (Å²) in [5, 5.41) is 7.85. The van der Waals surface area contributed by atoms with E-state index in [2.05, 4.69) is 45.5 Å². The molecule has 2 heterocycles. The first kappa shape index (κ1) is 11.4. The number of nitrogens with zero attached hydrogens (tertiary/aromatic N) is 4. The number of benzene rings is 1. The van der Waals surface area contributed by atoms with E-state index < -0.39 is 0 Å². The Balaban J connectivity index is 1.65. The maximum Gasteiger partial charge on any atom is 0.0692 e. The van der Waals surface area contributed by atoms with Crippen LogP contribution in [0.4, 0.5) is 0 Å². The molecule has 0 spiro atoms. The van der Waals surface area contributed by atoms with Gasteiger partial charge in [-0.3, -0.25) is 9.58 Å². The first-order valence-electron chi connectivity index (χ1n) is 6.56. The Hall–Kier alpha value is -1.68. The summed E-state index contributed by atoms with van der Waals surface area (Å²) in [4.78, 5) is 2.55. The van der Waals surface area contributed by atoms with Crippen molar-refractivity contribution in [3.8, 4) is 0 Å². The van der Waals surface area contributed by atoms with Crippen LogP contribution in [0.15, 0.2) is 42.7 Å². The van der Waals surface area contributed by atoms with Crippen LogP contribution in [0.5, 0.6) is 0 Å². The Morgan fingerprint density at radius 1 is 1.17 bits per heavy atom. The number of hydrogen-bond donors (Lipinski definition) is 0. The van der Waals surface area contributed by atoms with E-state index in [9.17, 15) is 0 Å². The second-order valence-electron chi connectivity index (χ2n) is 4.77. The van der Waals surface area contributed by atoms with Crippen molar-refractivity contribution >= 4 is 0 Å². The summed E-state index contributed by atoms with van der Waals surface area (Å²) in [6, 6.07) is 11.4. The van der Waals surface area contributed by atoms with Crippen LogP contribution >= 0.6 is 0 Å². The van der Waals surface area contributed by atoms with Gasteiger partial charge in [0.1, 0.15) is 0 Å². The second-order valence-corrected chi connectivity index (χ2v) is 4.77. The molecule has 18 heavy (non-hydrogen) atoms. The summed E-state index contributed by atoms with van der Waals surface area (Å²) in [5.41, 5.74) is 1.44. The minimum Gasteiger partial charge on any atom is -0.294 e. The first-order valence-corrected chi connectivity index (χ1v) is 6.56. The molecule has 1 fully saturated rings. The van der Waals surface area contributed by atoms with Gasteiger partial charge in [-0.05, 0) is 24.9 Å². The Labute approximate surface area is 107 Å². The lowest BCUT2D eigenvalue weighted by Crippen LogP contribution is -2.27. The van der Waals surface area contributed by atoms with Gasteiger partial charge >= 0.3 is 0 Å². The third-order valence-corrected chi connectivity index (χ3v) is 3.64. The molecule has 1 saturated heterocycles. The number of hydrogen-bond acceptors (Lipinski definition) is 3. The molecule has 1 aliphatic rings.